The Labute approximate surface area is 78.8 Å². The van der Waals surface area contributed by atoms with Crippen LogP contribution in [0.25, 0.3) is 5.65 Å². The Morgan fingerprint density at radius 1 is 1.64 bits per heavy atom. The van der Waals surface area contributed by atoms with Crippen LogP contribution in [-0.4, -0.2) is 32.8 Å². The van der Waals surface area contributed by atoms with E-state index in [2.05, 4.69) is 10.2 Å². The molecule has 1 N–H and O–H groups in total. The number of ether oxygens (including phenoxy) is 1. The van der Waals surface area contributed by atoms with Crippen molar-refractivity contribution >= 4 is 11.6 Å². The number of rotatable bonds is 2. The number of methoxy groups -OCH3 is 1. The summed E-state index contributed by atoms with van der Waals surface area (Å²) in [6.07, 6.45) is 3.03. The van der Waals surface area contributed by atoms with Gasteiger partial charge in [-0.05, 0) is 6.07 Å². The highest BCUT2D eigenvalue weighted by atomic mass is 16.5. The largest absolute Gasteiger partial charge is 0.495 e. The van der Waals surface area contributed by atoms with Crippen LogP contribution in [0.2, 0.25) is 0 Å². The second-order valence-electron chi connectivity index (χ2n) is 2.66. The van der Waals surface area contributed by atoms with Crippen LogP contribution >= 0.6 is 0 Å². The summed E-state index contributed by atoms with van der Waals surface area (Å²) in [5, 5.41) is 16.2. The Morgan fingerprint density at radius 3 is 3.07 bits per heavy atom. The molecule has 0 atom stereocenters. The summed E-state index contributed by atoms with van der Waals surface area (Å²) in [6, 6.07) is 1.41. The number of carboxylic acids is 1. The van der Waals surface area contributed by atoms with Gasteiger partial charge in [-0.25, -0.2) is 4.79 Å². The standard InChI is InChI=1S/C8H7N3O3/c1-14-5-2-6(8(12)13)7-10-9-4-11(7)3-5/h2-4H,1H3,(H,12,13). The number of pyridine rings is 1. The zero-order valence-corrected chi connectivity index (χ0v) is 7.34. The molecule has 0 aromatic carbocycles. The topological polar surface area (TPSA) is 76.7 Å². The van der Waals surface area contributed by atoms with E-state index in [0.717, 1.165) is 0 Å². The number of aromatic nitrogens is 3. The van der Waals surface area contributed by atoms with Crippen molar-refractivity contribution < 1.29 is 14.6 Å². The normalized spacial score (nSPS) is 10.4. The lowest BCUT2D eigenvalue weighted by atomic mass is 10.2. The van der Waals surface area contributed by atoms with Gasteiger partial charge in [-0.1, -0.05) is 0 Å². The Morgan fingerprint density at radius 2 is 2.43 bits per heavy atom. The third-order valence-corrected chi connectivity index (χ3v) is 1.83. The molecule has 0 aliphatic heterocycles. The van der Waals surface area contributed by atoms with Gasteiger partial charge in [0, 0.05) is 0 Å². The van der Waals surface area contributed by atoms with Crippen molar-refractivity contribution in [2.75, 3.05) is 7.11 Å². The van der Waals surface area contributed by atoms with Crippen molar-refractivity contribution in [3.8, 4) is 5.75 Å². The maximum atomic E-state index is 10.8. The average Bonchev–Trinajstić information content (AvgIpc) is 2.63. The lowest BCUT2D eigenvalue weighted by Crippen LogP contribution is -2.01. The summed E-state index contributed by atoms with van der Waals surface area (Å²) >= 11 is 0. The van der Waals surface area contributed by atoms with Gasteiger partial charge in [0.1, 0.15) is 17.6 Å². The molecule has 0 saturated heterocycles. The van der Waals surface area contributed by atoms with E-state index in [9.17, 15) is 4.79 Å². The van der Waals surface area contributed by atoms with Gasteiger partial charge in [0.15, 0.2) is 5.65 Å². The summed E-state index contributed by atoms with van der Waals surface area (Å²) in [5.74, 6) is -0.600. The number of carboxylic acid groups (broad SMARTS) is 1. The van der Waals surface area contributed by atoms with Gasteiger partial charge < -0.3 is 9.84 Å². The molecule has 0 amide bonds. The molecule has 6 nitrogen and oxygen atoms in total. The van der Waals surface area contributed by atoms with Gasteiger partial charge in [-0.3, -0.25) is 4.40 Å². The molecular weight excluding hydrogens is 186 g/mol. The summed E-state index contributed by atoms with van der Waals surface area (Å²) in [4.78, 5) is 10.8. The van der Waals surface area contributed by atoms with Crippen LogP contribution in [-0.2, 0) is 0 Å². The van der Waals surface area contributed by atoms with Gasteiger partial charge in [-0.15, -0.1) is 10.2 Å². The third kappa shape index (κ3) is 1.17. The predicted molar refractivity (Wildman–Crippen MR) is 46.5 cm³/mol. The van der Waals surface area contributed by atoms with Gasteiger partial charge >= 0.3 is 5.97 Å². The Bertz CT molecular complexity index is 492. The van der Waals surface area contributed by atoms with Gasteiger partial charge in [0.2, 0.25) is 0 Å². The number of hydrogen-bond acceptors (Lipinski definition) is 4. The van der Waals surface area contributed by atoms with E-state index < -0.39 is 5.97 Å². The molecule has 2 heterocycles. The number of fused-ring (bicyclic) bond motifs is 1. The third-order valence-electron chi connectivity index (χ3n) is 1.83. The fourth-order valence-electron chi connectivity index (χ4n) is 1.18. The maximum Gasteiger partial charge on any atom is 0.339 e. The molecule has 14 heavy (non-hydrogen) atoms. The molecule has 0 aliphatic rings. The zero-order chi connectivity index (χ0) is 10.1. The van der Waals surface area contributed by atoms with Gasteiger partial charge in [0.05, 0.1) is 13.3 Å². The summed E-state index contributed by atoms with van der Waals surface area (Å²) in [7, 11) is 1.47. The minimum atomic E-state index is -1.05. The quantitative estimate of drug-likeness (QED) is 0.748. The first-order valence-electron chi connectivity index (χ1n) is 3.83. The first-order valence-corrected chi connectivity index (χ1v) is 3.83. The van der Waals surface area contributed by atoms with E-state index in [-0.39, 0.29) is 5.56 Å². The second kappa shape index (κ2) is 2.99. The Hall–Kier alpha value is -2.11. The molecule has 0 spiro atoms. The fourth-order valence-corrected chi connectivity index (χ4v) is 1.18. The smallest absolute Gasteiger partial charge is 0.339 e. The van der Waals surface area contributed by atoms with E-state index in [1.165, 1.54) is 23.9 Å². The van der Waals surface area contributed by atoms with Gasteiger partial charge in [-0.2, -0.15) is 0 Å². The summed E-state index contributed by atoms with van der Waals surface area (Å²) in [6.45, 7) is 0. The molecule has 72 valence electrons. The molecular formula is C8H7N3O3. The van der Waals surface area contributed by atoms with Crippen LogP contribution in [0.15, 0.2) is 18.6 Å². The van der Waals surface area contributed by atoms with Crippen molar-refractivity contribution in [2.45, 2.75) is 0 Å². The highest BCUT2D eigenvalue weighted by molar-refractivity contribution is 5.94. The van der Waals surface area contributed by atoms with Crippen LogP contribution in [0.3, 0.4) is 0 Å². The molecule has 2 aromatic heterocycles. The highest BCUT2D eigenvalue weighted by Gasteiger charge is 2.12. The molecule has 2 rings (SSSR count). The summed E-state index contributed by atoms with van der Waals surface area (Å²) in [5.41, 5.74) is 0.375. The number of carbonyl (C=O) groups is 1. The van der Waals surface area contributed by atoms with E-state index in [1.54, 1.807) is 6.20 Å². The lowest BCUT2D eigenvalue weighted by Gasteiger charge is -2.02. The van der Waals surface area contributed by atoms with Crippen molar-refractivity contribution in [1.29, 1.82) is 0 Å². The molecule has 6 heteroatoms. The zero-order valence-electron chi connectivity index (χ0n) is 7.34. The minimum absolute atomic E-state index is 0.0712. The molecule has 0 aliphatic carbocycles. The van der Waals surface area contributed by atoms with E-state index >= 15 is 0 Å². The molecule has 0 fully saturated rings. The number of aromatic carboxylic acids is 1. The van der Waals surface area contributed by atoms with Crippen molar-refractivity contribution in [1.82, 2.24) is 14.6 Å². The van der Waals surface area contributed by atoms with Crippen LogP contribution in [0, 0.1) is 0 Å². The Kier molecular flexibility index (Phi) is 1.81. The van der Waals surface area contributed by atoms with E-state index in [4.69, 9.17) is 9.84 Å². The number of hydrogen-bond donors (Lipinski definition) is 1. The SMILES string of the molecule is COc1cc(C(=O)O)c2nncn2c1. The van der Waals surface area contributed by atoms with Crippen LogP contribution in [0.1, 0.15) is 10.4 Å². The monoisotopic (exact) mass is 193 g/mol. The minimum Gasteiger partial charge on any atom is -0.495 e. The Balaban J connectivity index is 2.76. The maximum absolute atomic E-state index is 10.8. The highest BCUT2D eigenvalue weighted by Crippen LogP contribution is 2.16. The van der Waals surface area contributed by atoms with Crippen LogP contribution in [0.4, 0.5) is 0 Å². The molecule has 0 saturated carbocycles. The van der Waals surface area contributed by atoms with Crippen LogP contribution in [0.5, 0.6) is 5.75 Å². The second-order valence-corrected chi connectivity index (χ2v) is 2.66. The molecule has 2 aromatic rings. The first-order chi connectivity index (χ1) is 6.72. The molecule has 0 radical (unpaired) electrons. The molecule has 0 bridgehead atoms. The van der Waals surface area contributed by atoms with Gasteiger partial charge in [0.25, 0.3) is 0 Å². The van der Waals surface area contributed by atoms with Crippen molar-refractivity contribution in [3.05, 3.63) is 24.2 Å². The van der Waals surface area contributed by atoms with Crippen molar-refractivity contribution in [2.24, 2.45) is 0 Å². The van der Waals surface area contributed by atoms with Crippen molar-refractivity contribution in [3.63, 3.8) is 0 Å². The first kappa shape index (κ1) is 8.49. The lowest BCUT2D eigenvalue weighted by molar-refractivity contribution is 0.0698. The summed E-state index contributed by atoms with van der Waals surface area (Å²) < 4.78 is 6.45. The fraction of sp³-hybridized carbons (Fsp3) is 0.125. The van der Waals surface area contributed by atoms with E-state index in [1.807, 2.05) is 0 Å². The average molecular weight is 193 g/mol. The van der Waals surface area contributed by atoms with Crippen LogP contribution < -0.4 is 4.74 Å². The predicted octanol–water partition coefficient (Wildman–Crippen LogP) is 0.436. The number of nitrogens with zero attached hydrogens (tertiary/aromatic N) is 3. The molecule has 0 unspecified atom stereocenters. The van der Waals surface area contributed by atoms with E-state index in [0.29, 0.717) is 11.4 Å².